The van der Waals surface area contributed by atoms with Gasteiger partial charge in [0.1, 0.15) is 0 Å². The van der Waals surface area contributed by atoms with Crippen molar-refractivity contribution in [2.24, 2.45) is 0 Å². The molecule has 0 aliphatic heterocycles. The van der Waals surface area contributed by atoms with Crippen molar-refractivity contribution < 1.29 is 38.5 Å². The Hall–Kier alpha value is 1.14. The van der Waals surface area contributed by atoms with Crippen LogP contribution in [0.5, 0.6) is 0 Å². The summed E-state index contributed by atoms with van der Waals surface area (Å²) in [4.78, 5) is 0. The molecule has 1 radical (unpaired) electrons. The minimum Gasteiger partial charge on any atom is -3.00 e. The second-order valence-corrected chi connectivity index (χ2v) is 0. The van der Waals surface area contributed by atoms with Crippen LogP contribution in [0, 0.1) is 0 Å². The largest absolute Gasteiger partial charge is 4.00 e. The van der Waals surface area contributed by atoms with Crippen LogP contribution in [0.2, 0.25) is 0 Å². The SMILES string of the molecule is [Co+2].[N-3].[N-3].[Ti+4]. The first kappa shape index (κ1) is 67.7. The second kappa shape index (κ2) is 31.4. The van der Waals surface area contributed by atoms with Crippen LogP contribution >= 0.6 is 0 Å². The van der Waals surface area contributed by atoms with Gasteiger partial charge >= 0.3 is 38.5 Å². The minimum atomic E-state index is 0. The molecule has 0 saturated carbocycles. The smallest absolute Gasteiger partial charge is 3.00 e. The Balaban J connectivity index is 0. The molecule has 0 aromatic rings. The van der Waals surface area contributed by atoms with Gasteiger partial charge in [0.05, 0.1) is 0 Å². The van der Waals surface area contributed by atoms with Gasteiger partial charge in [0.25, 0.3) is 0 Å². The van der Waals surface area contributed by atoms with Crippen molar-refractivity contribution >= 4 is 0 Å². The van der Waals surface area contributed by atoms with E-state index in [2.05, 4.69) is 0 Å². The maximum atomic E-state index is 0. The number of hydrogen-bond donors (Lipinski definition) is 0. The first-order valence-electron chi connectivity index (χ1n) is 0. The van der Waals surface area contributed by atoms with Crippen LogP contribution < -0.4 is 0 Å². The molecule has 4 heavy (non-hydrogen) atoms. The number of nitrogens with zero attached hydrogens (tertiary/aromatic N) is 2. The van der Waals surface area contributed by atoms with Crippen molar-refractivity contribution in [2.45, 2.75) is 0 Å². The zero-order valence-electron chi connectivity index (χ0n) is 1.73. The Morgan fingerprint density at radius 2 is 0.750 bits per heavy atom. The quantitative estimate of drug-likeness (QED) is 0.436. The molecule has 0 unspecified atom stereocenters. The summed E-state index contributed by atoms with van der Waals surface area (Å²) >= 11 is 0. The van der Waals surface area contributed by atoms with Gasteiger partial charge in [0.2, 0.25) is 0 Å². The topological polar surface area (TPSA) is 61.0 Å². The van der Waals surface area contributed by atoms with Crippen molar-refractivity contribution in [1.82, 2.24) is 0 Å². The molecule has 0 rings (SSSR count). The van der Waals surface area contributed by atoms with Gasteiger partial charge in [-0.2, -0.15) is 0 Å². The summed E-state index contributed by atoms with van der Waals surface area (Å²) in [5.41, 5.74) is 0. The van der Waals surface area contributed by atoms with Crippen LogP contribution in [0.1, 0.15) is 0 Å². The van der Waals surface area contributed by atoms with Crippen LogP contribution in [0.3, 0.4) is 0 Å². The van der Waals surface area contributed by atoms with E-state index in [4.69, 9.17) is 0 Å². The van der Waals surface area contributed by atoms with Crippen molar-refractivity contribution in [3.63, 3.8) is 0 Å². The Labute approximate surface area is 51.0 Å². The third-order valence-electron chi connectivity index (χ3n) is 0. The Morgan fingerprint density at radius 1 is 0.750 bits per heavy atom. The van der Waals surface area contributed by atoms with Crippen molar-refractivity contribution in [2.75, 3.05) is 0 Å². The average molecular weight is 135 g/mol. The summed E-state index contributed by atoms with van der Waals surface area (Å²) < 4.78 is 0. The normalized spacial score (nSPS) is 0. The molecule has 0 aromatic heterocycles. The van der Waals surface area contributed by atoms with Crippen molar-refractivity contribution in [3.8, 4) is 0 Å². The monoisotopic (exact) mass is 135 g/mol. The molecule has 0 amide bonds. The molecule has 23 valence electrons. The summed E-state index contributed by atoms with van der Waals surface area (Å²) in [6.45, 7) is 0. The number of rotatable bonds is 0. The molecule has 0 atom stereocenters. The van der Waals surface area contributed by atoms with E-state index in [0.29, 0.717) is 0 Å². The van der Waals surface area contributed by atoms with E-state index < -0.39 is 0 Å². The molecular formula is CoN2Ti. The van der Waals surface area contributed by atoms with Gasteiger partial charge in [-0.1, -0.05) is 0 Å². The minimum absolute atomic E-state index is 0. The standard InChI is InChI=1S/Co.2N.Ti/q+2;2*-3;+4. The zero-order chi connectivity index (χ0) is 0. The van der Waals surface area contributed by atoms with Gasteiger partial charge in [-0.25, -0.2) is 0 Å². The molecule has 0 N–H and O–H groups in total. The van der Waals surface area contributed by atoms with Crippen LogP contribution in [0.4, 0.5) is 0 Å². The number of hydrogen-bond acceptors (Lipinski definition) is 0. The van der Waals surface area contributed by atoms with E-state index in [1.165, 1.54) is 0 Å². The first-order chi connectivity index (χ1) is 0. The maximum absolute atomic E-state index is 0. The fraction of sp³-hybridized carbons (Fsp3) is 0. The third-order valence-corrected chi connectivity index (χ3v) is 0. The van der Waals surface area contributed by atoms with Crippen LogP contribution in [-0.2, 0) is 38.5 Å². The van der Waals surface area contributed by atoms with Gasteiger partial charge in [0, 0.05) is 0 Å². The fourth-order valence-corrected chi connectivity index (χ4v) is 0. The zero-order valence-corrected chi connectivity index (χ0v) is 4.33. The molecular weight excluding hydrogens is 135 g/mol. The maximum Gasteiger partial charge on any atom is 4.00 e. The molecule has 0 aromatic carbocycles. The van der Waals surface area contributed by atoms with Crippen molar-refractivity contribution in [1.29, 1.82) is 0 Å². The average Bonchev–Trinajstić information content (AvgIpc) is 0. The van der Waals surface area contributed by atoms with Gasteiger partial charge in [-0.15, -0.1) is 0 Å². The van der Waals surface area contributed by atoms with Crippen LogP contribution in [0.15, 0.2) is 0 Å². The van der Waals surface area contributed by atoms with E-state index >= 15 is 0 Å². The molecule has 0 fully saturated rings. The first-order valence-corrected chi connectivity index (χ1v) is 0. The van der Waals surface area contributed by atoms with Gasteiger partial charge in [-0.05, 0) is 0 Å². The molecule has 2 nitrogen and oxygen atoms in total. The van der Waals surface area contributed by atoms with Crippen LogP contribution in [-0.4, -0.2) is 0 Å². The summed E-state index contributed by atoms with van der Waals surface area (Å²) in [5.74, 6) is 0. The third kappa shape index (κ3) is 11.1. The summed E-state index contributed by atoms with van der Waals surface area (Å²) in [5, 5.41) is 0. The van der Waals surface area contributed by atoms with E-state index in [1.54, 1.807) is 0 Å². The summed E-state index contributed by atoms with van der Waals surface area (Å²) in [6, 6.07) is 0. The predicted octanol–water partition coefficient (Wildman–Crippen LogP) is 0.572. The molecule has 4 heteroatoms. The molecule has 0 heterocycles. The molecule has 0 aliphatic carbocycles. The van der Waals surface area contributed by atoms with E-state index in [9.17, 15) is 0 Å². The van der Waals surface area contributed by atoms with Crippen LogP contribution in [0.25, 0.3) is 12.3 Å². The van der Waals surface area contributed by atoms with Gasteiger partial charge in [0.15, 0.2) is 0 Å². The van der Waals surface area contributed by atoms with E-state index in [-0.39, 0.29) is 50.8 Å². The molecule has 0 saturated heterocycles. The Morgan fingerprint density at radius 3 is 0.750 bits per heavy atom. The van der Waals surface area contributed by atoms with Crippen molar-refractivity contribution in [3.05, 3.63) is 12.3 Å². The molecule has 0 aliphatic rings. The predicted molar refractivity (Wildman–Crippen MR) is 6.72 cm³/mol. The van der Waals surface area contributed by atoms with Gasteiger partial charge in [-0.3, -0.25) is 0 Å². The molecule has 0 spiro atoms. The van der Waals surface area contributed by atoms with E-state index in [1.807, 2.05) is 0 Å². The second-order valence-electron chi connectivity index (χ2n) is 0. The Kier molecular flexibility index (Phi) is 531. The fourth-order valence-electron chi connectivity index (χ4n) is 0. The van der Waals surface area contributed by atoms with E-state index in [0.717, 1.165) is 0 Å². The summed E-state index contributed by atoms with van der Waals surface area (Å²) in [7, 11) is 0. The Bertz CT molecular complexity index is 6.00. The summed E-state index contributed by atoms with van der Waals surface area (Å²) in [6.07, 6.45) is 0. The van der Waals surface area contributed by atoms with Gasteiger partial charge < -0.3 is 12.3 Å². The molecule has 0 bridgehead atoms.